The second-order valence-corrected chi connectivity index (χ2v) is 7.16. The van der Waals surface area contributed by atoms with Crippen LogP contribution in [0.25, 0.3) is 5.69 Å². The highest BCUT2D eigenvalue weighted by Gasteiger charge is 2.30. The normalized spacial score (nSPS) is 20.6. The second-order valence-electron chi connectivity index (χ2n) is 6.76. The van der Waals surface area contributed by atoms with Crippen LogP contribution in [0.15, 0.2) is 30.5 Å². The number of nitrogens with one attached hydrogen (secondary N) is 1. The molecule has 0 saturated heterocycles. The van der Waals surface area contributed by atoms with Gasteiger partial charge in [-0.2, -0.15) is 5.10 Å². The number of hydrogen-bond donors (Lipinski definition) is 2. The van der Waals surface area contributed by atoms with Crippen molar-refractivity contribution in [3.63, 3.8) is 0 Å². The zero-order valence-corrected chi connectivity index (χ0v) is 15.2. The fourth-order valence-electron chi connectivity index (χ4n) is 3.60. The van der Waals surface area contributed by atoms with Gasteiger partial charge >= 0.3 is 5.97 Å². The van der Waals surface area contributed by atoms with Crippen molar-refractivity contribution >= 4 is 17.6 Å². The number of nitrogens with zero attached hydrogens (tertiary/aromatic N) is 2. The average Bonchev–Trinajstić information content (AvgIpc) is 2.96. The summed E-state index contributed by atoms with van der Waals surface area (Å²) in [5, 5.41) is 18.0. The van der Waals surface area contributed by atoms with Gasteiger partial charge in [-0.3, -0.25) is 4.79 Å². The minimum Gasteiger partial charge on any atom is -0.481 e. The van der Waals surface area contributed by atoms with Crippen molar-refractivity contribution in [3.05, 3.63) is 46.7 Å². The van der Waals surface area contributed by atoms with Crippen LogP contribution in [0.3, 0.4) is 0 Å². The highest BCUT2D eigenvalue weighted by Crippen LogP contribution is 2.30. The van der Waals surface area contributed by atoms with Gasteiger partial charge in [0.15, 0.2) is 0 Å². The fourth-order valence-corrected chi connectivity index (χ4v) is 3.82. The van der Waals surface area contributed by atoms with Crippen molar-refractivity contribution in [2.24, 2.45) is 11.8 Å². The van der Waals surface area contributed by atoms with Gasteiger partial charge in [0.2, 0.25) is 0 Å². The van der Waals surface area contributed by atoms with Gasteiger partial charge in [0, 0.05) is 18.3 Å². The van der Waals surface area contributed by atoms with Gasteiger partial charge in [-0.15, -0.1) is 0 Å². The molecule has 1 aliphatic rings. The summed E-state index contributed by atoms with van der Waals surface area (Å²) in [6, 6.07) is 7.62. The number of hydrogen-bond acceptors (Lipinski definition) is 3. The molecular formula is C19H24ClN3O2. The van der Waals surface area contributed by atoms with Crippen LogP contribution in [-0.2, 0) is 11.3 Å². The number of aromatic nitrogens is 2. The molecule has 5 nitrogen and oxygen atoms in total. The van der Waals surface area contributed by atoms with Crippen LogP contribution in [0.4, 0.5) is 0 Å². The molecule has 25 heavy (non-hydrogen) atoms. The van der Waals surface area contributed by atoms with Crippen molar-refractivity contribution in [2.75, 3.05) is 6.54 Å². The lowest BCUT2D eigenvalue weighted by atomic mass is 9.79. The smallest absolute Gasteiger partial charge is 0.306 e. The van der Waals surface area contributed by atoms with Gasteiger partial charge in [-0.05, 0) is 44.4 Å². The van der Waals surface area contributed by atoms with Crippen LogP contribution in [0, 0.1) is 18.8 Å². The monoisotopic (exact) mass is 361 g/mol. The molecule has 3 rings (SSSR count). The highest BCUT2D eigenvalue weighted by molar-refractivity contribution is 6.32. The summed E-state index contributed by atoms with van der Waals surface area (Å²) in [7, 11) is 0. The molecule has 0 radical (unpaired) electrons. The largest absolute Gasteiger partial charge is 0.481 e. The van der Waals surface area contributed by atoms with Crippen LogP contribution in [0.2, 0.25) is 5.02 Å². The molecule has 0 bridgehead atoms. The molecule has 1 saturated carbocycles. The summed E-state index contributed by atoms with van der Waals surface area (Å²) in [5.41, 5.74) is 2.91. The Balaban J connectivity index is 1.62. The molecule has 2 aromatic rings. The molecule has 1 heterocycles. The lowest BCUT2D eigenvalue weighted by Gasteiger charge is -2.28. The fraction of sp³-hybridized carbons (Fsp3) is 0.474. The zero-order valence-electron chi connectivity index (χ0n) is 14.4. The Morgan fingerprint density at radius 3 is 2.88 bits per heavy atom. The molecule has 1 aromatic heterocycles. The van der Waals surface area contributed by atoms with Crippen molar-refractivity contribution in [3.8, 4) is 5.69 Å². The van der Waals surface area contributed by atoms with Crippen LogP contribution in [0.1, 0.15) is 36.9 Å². The molecule has 0 spiro atoms. The second kappa shape index (κ2) is 8.02. The molecule has 0 amide bonds. The standard InChI is InChI=1S/C19H24ClN3O2/c1-13-15(12-23(22-13)18-9-5-4-8-17(18)20)11-21-10-14-6-2-3-7-16(14)19(24)25/h4-5,8-9,12,14,16,21H,2-3,6-7,10-11H2,1H3,(H,24,25)/t14-,16-/m0/s1. The van der Waals surface area contributed by atoms with E-state index in [4.69, 9.17) is 11.6 Å². The highest BCUT2D eigenvalue weighted by atomic mass is 35.5. The van der Waals surface area contributed by atoms with Crippen LogP contribution in [0.5, 0.6) is 0 Å². The topological polar surface area (TPSA) is 67.2 Å². The Labute approximate surface area is 153 Å². The van der Waals surface area contributed by atoms with Crippen LogP contribution >= 0.6 is 11.6 Å². The molecule has 134 valence electrons. The van der Waals surface area contributed by atoms with E-state index in [1.165, 1.54) is 0 Å². The van der Waals surface area contributed by atoms with E-state index in [9.17, 15) is 9.90 Å². The van der Waals surface area contributed by atoms with Crippen LogP contribution < -0.4 is 5.32 Å². The van der Waals surface area contributed by atoms with Crippen molar-refractivity contribution < 1.29 is 9.90 Å². The van der Waals surface area contributed by atoms with E-state index in [0.29, 0.717) is 11.6 Å². The molecule has 1 aliphatic carbocycles. The molecule has 6 heteroatoms. The Morgan fingerprint density at radius 1 is 1.36 bits per heavy atom. The van der Waals surface area contributed by atoms with Gasteiger partial charge < -0.3 is 10.4 Å². The maximum atomic E-state index is 11.4. The zero-order chi connectivity index (χ0) is 17.8. The lowest BCUT2D eigenvalue weighted by Crippen LogP contribution is -2.34. The first kappa shape index (κ1) is 18.0. The molecule has 1 fully saturated rings. The maximum Gasteiger partial charge on any atom is 0.306 e. The van der Waals surface area contributed by atoms with E-state index in [-0.39, 0.29) is 11.8 Å². The molecule has 1 aromatic carbocycles. The van der Waals surface area contributed by atoms with E-state index >= 15 is 0 Å². The van der Waals surface area contributed by atoms with Crippen molar-refractivity contribution in [1.82, 2.24) is 15.1 Å². The Bertz CT molecular complexity index is 744. The summed E-state index contributed by atoms with van der Waals surface area (Å²) < 4.78 is 1.80. The van der Waals surface area contributed by atoms with Gasteiger partial charge in [0.25, 0.3) is 0 Å². The third-order valence-corrected chi connectivity index (χ3v) is 5.37. The van der Waals surface area contributed by atoms with E-state index < -0.39 is 5.97 Å². The first-order valence-corrected chi connectivity index (χ1v) is 9.17. The number of benzene rings is 1. The summed E-state index contributed by atoms with van der Waals surface area (Å²) in [6.07, 6.45) is 5.92. The first-order valence-electron chi connectivity index (χ1n) is 8.80. The molecule has 0 aliphatic heterocycles. The Hall–Kier alpha value is -1.85. The number of carboxylic acid groups (broad SMARTS) is 1. The predicted octanol–water partition coefficient (Wildman–Crippen LogP) is 3.81. The number of rotatable bonds is 6. The third kappa shape index (κ3) is 4.22. The number of aryl methyl sites for hydroxylation is 1. The third-order valence-electron chi connectivity index (χ3n) is 5.05. The Morgan fingerprint density at radius 2 is 2.12 bits per heavy atom. The summed E-state index contributed by atoms with van der Waals surface area (Å²) in [4.78, 5) is 11.4. The van der Waals surface area contributed by atoms with Crippen molar-refractivity contribution in [1.29, 1.82) is 0 Å². The molecule has 0 unspecified atom stereocenters. The van der Waals surface area contributed by atoms with Gasteiger partial charge in [0.1, 0.15) is 0 Å². The minimum atomic E-state index is -0.658. The minimum absolute atomic E-state index is 0.213. The first-order chi connectivity index (χ1) is 12.1. The lowest BCUT2D eigenvalue weighted by molar-refractivity contribution is -0.144. The summed E-state index contributed by atoms with van der Waals surface area (Å²) in [6.45, 7) is 3.39. The number of carbonyl (C=O) groups is 1. The van der Waals surface area contributed by atoms with E-state index in [1.54, 1.807) is 4.68 Å². The predicted molar refractivity (Wildman–Crippen MR) is 98.1 cm³/mol. The van der Waals surface area contributed by atoms with Crippen LogP contribution in [-0.4, -0.2) is 27.4 Å². The van der Waals surface area contributed by atoms with Gasteiger partial charge in [-0.1, -0.05) is 36.6 Å². The quantitative estimate of drug-likeness (QED) is 0.820. The number of para-hydroxylation sites is 1. The van der Waals surface area contributed by atoms with Crippen molar-refractivity contribution in [2.45, 2.75) is 39.2 Å². The molecule has 2 atom stereocenters. The molecular weight excluding hydrogens is 338 g/mol. The summed E-state index contributed by atoms with van der Waals surface area (Å²) in [5.74, 6) is -0.660. The van der Waals surface area contributed by atoms with E-state index in [1.807, 2.05) is 37.4 Å². The maximum absolute atomic E-state index is 11.4. The SMILES string of the molecule is Cc1nn(-c2ccccc2Cl)cc1CNC[C@@H]1CCCC[C@@H]1C(=O)O. The number of halogens is 1. The van der Waals surface area contributed by atoms with E-state index in [0.717, 1.165) is 49.2 Å². The van der Waals surface area contributed by atoms with E-state index in [2.05, 4.69) is 10.4 Å². The Kier molecular flexibility index (Phi) is 5.76. The van der Waals surface area contributed by atoms with Gasteiger partial charge in [0.05, 0.1) is 22.3 Å². The summed E-state index contributed by atoms with van der Waals surface area (Å²) >= 11 is 6.24. The average molecular weight is 362 g/mol. The van der Waals surface area contributed by atoms with Gasteiger partial charge in [-0.25, -0.2) is 4.68 Å². The number of aliphatic carboxylic acids is 1. The molecule has 2 N–H and O–H groups in total. The number of carboxylic acids is 1.